The van der Waals surface area contributed by atoms with E-state index in [1.807, 2.05) is 11.7 Å². The predicted molar refractivity (Wildman–Crippen MR) is 78.9 cm³/mol. The molecule has 0 fully saturated rings. The smallest absolute Gasteiger partial charge is 0.0794 e. The van der Waals surface area contributed by atoms with Crippen molar-refractivity contribution < 1.29 is 0 Å². The number of hydrogen-bond donors (Lipinski definition) is 1. The number of nitrogens with one attached hydrogen (secondary N) is 1. The van der Waals surface area contributed by atoms with Gasteiger partial charge in [-0.25, -0.2) is 0 Å². The summed E-state index contributed by atoms with van der Waals surface area (Å²) in [5, 5.41) is 3.69. The fourth-order valence-electron chi connectivity index (χ4n) is 2.55. The highest BCUT2D eigenvalue weighted by molar-refractivity contribution is 7.09. The van der Waals surface area contributed by atoms with Crippen LogP contribution in [0.1, 0.15) is 62.8 Å². The zero-order valence-electron chi connectivity index (χ0n) is 11.3. The van der Waals surface area contributed by atoms with Gasteiger partial charge in [-0.05, 0) is 38.6 Å². The van der Waals surface area contributed by atoms with Crippen LogP contribution in [0.3, 0.4) is 0 Å². The summed E-state index contributed by atoms with van der Waals surface area (Å²) in [7, 11) is 0. The van der Waals surface area contributed by atoms with Gasteiger partial charge < -0.3 is 5.32 Å². The monoisotopic (exact) mass is 264 g/mol. The van der Waals surface area contributed by atoms with E-state index in [1.165, 1.54) is 49.8 Å². The Morgan fingerprint density at radius 3 is 3.00 bits per heavy atom. The molecule has 0 saturated carbocycles. The van der Waals surface area contributed by atoms with Crippen molar-refractivity contribution in [1.82, 2.24) is 10.3 Å². The highest BCUT2D eigenvalue weighted by atomic mass is 32.1. The van der Waals surface area contributed by atoms with Gasteiger partial charge in [-0.2, -0.15) is 0 Å². The second-order valence-electron chi connectivity index (χ2n) is 5.02. The van der Waals surface area contributed by atoms with E-state index in [0.717, 1.165) is 6.54 Å². The highest BCUT2D eigenvalue weighted by Crippen LogP contribution is 2.30. The van der Waals surface area contributed by atoms with Gasteiger partial charge in [-0.1, -0.05) is 31.4 Å². The van der Waals surface area contributed by atoms with Gasteiger partial charge in [0.05, 0.1) is 11.6 Å². The summed E-state index contributed by atoms with van der Waals surface area (Å²) in [4.78, 5) is 5.61. The van der Waals surface area contributed by atoms with E-state index >= 15 is 0 Å². The molecule has 1 aliphatic rings. The van der Waals surface area contributed by atoms with Crippen LogP contribution < -0.4 is 5.32 Å². The Balaban J connectivity index is 2.11. The number of thiazole rings is 1. The lowest BCUT2D eigenvalue weighted by molar-refractivity contribution is 0.545. The Morgan fingerprint density at radius 2 is 2.22 bits per heavy atom. The lowest BCUT2D eigenvalue weighted by Crippen LogP contribution is -2.23. The van der Waals surface area contributed by atoms with Crippen LogP contribution in [0, 0.1) is 0 Å². The van der Waals surface area contributed by atoms with Gasteiger partial charge in [0.1, 0.15) is 0 Å². The summed E-state index contributed by atoms with van der Waals surface area (Å²) in [6.45, 7) is 3.31. The molecule has 0 saturated heterocycles. The second-order valence-corrected chi connectivity index (χ2v) is 5.94. The Kier molecular flexibility index (Phi) is 5.88. The largest absolute Gasteiger partial charge is 0.306 e. The number of nitrogens with zero attached hydrogens (tertiary/aromatic N) is 1. The molecule has 0 aromatic carbocycles. The van der Waals surface area contributed by atoms with Gasteiger partial charge in [0, 0.05) is 11.1 Å². The summed E-state index contributed by atoms with van der Waals surface area (Å²) >= 11 is 1.77. The van der Waals surface area contributed by atoms with Crippen LogP contribution in [0.25, 0.3) is 0 Å². The first-order chi connectivity index (χ1) is 8.92. The molecule has 1 N–H and O–H groups in total. The molecule has 2 rings (SSSR count). The third-order valence-corrected chi connectivity index (χ3v) is 4.37. The molecule has 0 spiro atoms. The van der Waals surface area contributed by atoms with Gasteiger partial charge >= 0.3 is 0 Å². The van der Waals surface area contributed by atoms with Crippen LogP contribution in [-0.2, 0) is 0 Å². The van der Waals surface area contributed by atoms with E-state index in [0.29, 0.717) is 6.04 Å². The lowest BCUT2D eigenvalue weighted by atomic mass is 9.94. The van der Waals surface area contributed by atoms with E-state index in [4.69, 9.17) is 0 Å². The first-order valence-corrected chi connectivity index (χ1v) is 8.10. The maximum absolute atomic E-state index is 4.24. The summed E-state index contributed by atoms with van der Waals surface area (Å²) in [5.41, 5.74) is 3.53. The fraction of sp³-hybridized carbons (Fsp3) is 0.667. The molecule has 1 aliphatic carbocycles. The van der Waals surface area contributed by atoms with Crippen LogP contribution in [-0.4, -0.2) is 11.5 Å². The van der Waals surface area contributed by atoms with E-state index < -0.39 is 0 Å². The average molecular weight is 264 g/mol. The number of rotatable bonds is 5. The van der Waals surface area contributed by atoms with Crippen LogP contribution >= 0.6 is 11.3 Å². The maximum Gasteiger partial charge on any atom is 0.0794 e. The van der Waals surface area contributed by atoms with Crippen LogP contribution in [0.15, 0.2) is 23.4 Å². The predicted octanol–water partition coefficient (Wildman–Crippen LogP) is 4.46. The number of hydrogen-bond acceptors (Lipinski definition) is 3. The third kappa shape index (κ3) is 3.92. The first-order valence-electron chi connectivity index (χ1n) is 7.22. The minimum Gasteiger partial charge on any atom is -0.306 e. The van der Waals surface area contributed by atoms with Crippen molar-refractivity contribution in [2.75, 3.05) is 6.54 Å². The zero-order chi connectivity index (χ0) is 12.6. The highest BCUT2D eigenvalue weighted by Gasteiger charge is 2.17. The average Bonchev–Trinajstić information content (AvgIpc) is 2.85. The molecule has 1 heterocycles. The quantitative estimate of drug-likeness (QED) is 0.794. The molecule has 0 amide bonds. The van der Waals surface area contributed by atoms with E-state index in [9.17, 15) is 0 Å². The van der Waals surface area contributed by atoms with Gasteiger partial charge in [0.2, 0.25) is 0 Å². The van der Waals surface area contributed by atoms with Crippen molar-refractivity contribution >= 4 is 11.3 Å². The van der Waals surface area contributed by atoms with Crippen molar-refractivity contribution in [1.29, 1.82) is 0 Å². The molecule has 3 heteroatoms. The second kappa shape index (κ2) is 7.70. The molecule has 2 nitrogen and oxygen atoms in total. The minimum absolute atomic E-state index is 0.413. The SMILES string of the molecule is CCCNC(C1=CCCCCCC1)c1cncs1. The Bertz CT molecular complexity index is 357. The van der Waals surface area contributed by atoms with Gasteiger partial charge in [-0.15, -0.1) is 11.3 Å². The van der Waals surface area contributed by atoms with Crippen LogP contribution in [0.2, 0.25) is 0 Å². The van der Waals surface area contributed by atoms with Crippen LogP contribution in [0.4, 0.5) is 0 Å². The van der Waals surface area contributed by atoms with Crippen molar-refractivity contribution in [2.24, 2.45) is 0 Å². The van der Waals surface area contributed by atoms with Crippen molar-refractivity contribution in [3.05, 3.63) is 28.2 Å². The lowest BCUT2D eigenvalue weighted by Gasteiger charge is -2.22. The minimum atomic E-state index is 0.413. The van der Waals surface area contributed by atoms with Crippen molar-refractivity contribution in [2.45, 2.75) is 57.9 Å². The molecular formula is C15H24N2S. The molecule has 0 aliphatic heterocycles. The molecule has 100 valence electrons. The maximum atomic E-state index is 4.24. The number of aromatic nitrogens is 1. The van der Waals surface area contributed by atoms with Crippen molar-refractivity contribution in [3.63, 3.8) is 0 Å². The first kappa shape index (κ1) is 13.8. The molecule has 18 heavy (non-hydrogen) atoms. The molecule has 1 atom stereocenters. The van der Waals surface area contributed by atoms with E-state index in [1.54, 1.807) is 16.9 Å². The fourth-order valence-corrected chi connectivity index (χ4v) is 3.29. The van der Waals surface area contributed by atoms with Gasteiger partial charge in [0.25, 0.3) is 0 Å². The topological polar surface area (TPSA) is 24.9 Å². The summed E-state index contributed by atoms with van der Waals surface area (Å²) < 4.78 is 0. The Hall–Kier alpha value is -0.670. The van der Waals surface area contributed by atoms with Crippen molar-refractivity contribution in [3.8, 4) is 0 Å². The molecule has 1 unspecified atom stereocenters. The molecule has 0 radical (unpaired) electrons. The van der Waals surface area contributed by atoms with Crippen LogP contribution in [0.5, 0.6) is 0 Å². The normalized spacial score (nSPS) is 18.8. The molecule has 1 aromatic heterocycles. The van der Waals surface area contributed by atoms with E-state index in [-0.39, 0.29) is 0 Å². The van der Waals surface area contributed by atoms with E-state index in [2.05, 4.69) is 23.3 Å². The third-order valence-electron chi connectivity index (χ3n) is 3.53. The standard InChI is InChI=1S/C15H24N2S/c1-2-10-17-15(14-11-16-12-18-14)13-8-6-4-3-5-7-9-13/h8,11-12,15,17H,2-7,9-10H2,1H3. The Labute approximate surface area is 115 Å². The summed E-state index contributed by atoms with van der Waals surface area (Å²) in [5.74, 6) is 0. The van der Waals surface area contributed by atoms with Gasteiger partial charge in [0.15, 0.2) is 0 Å². The molecule has 0 bridgehead atoms. The Morgan fingerprint density at radius 1 is 1.33 bits per heavy atom. The number of allylic oxidation sites excluding steroid dienone is 1. The zero-order valence-corrected chi connectivity index (χ0v) is 12.1. The summed E-state index contributed by atoms with van der Waals surface area (Å²) in [6, 6.07) is 0.413. The molecular weight excluding hydrogens is 240 g/mol. The summed E-state index contributed by atoms with van der Waals surface area (Å²) in [6.07, 6.45) is 13.7. The van der Waals surface area contributed by atoms with Gasteiger partial charge in [-0.3, -0.25) is 4.98 Å². The molecule has 1 aromatic rings.